The van der Waals surface area contributed by atoms with Crippen LogP contribution >= 0.6 is 23.6 Å². The fraction of sp³-hybridized carbons (Fsp3) is 0.429. The predicted molar refractivity (Wildman–Crippen MR) is 92.5 cm³/mol. The molecule has 0 saturated carbocycles. The maximum absolute atomic E-state index is 12.4. The van der Waals surface area contributed by atoms with Crippen LogP contribution in [0.5, 0.6) is 0 Å². The Morgan fingerprint density at radius 1 is 1.39 bits per heavy atom. The van der Waals surface area contributed by atoms with E-state index < -0.39 is 0 Å². The number of aryl methyl sites for hydroxylation is 1. The van der Waals surface area contributed by atoms with Gasteiger partial charge in [0.05, 0.1) is 12.2 Å². The third-order valence-corrected chi connectivity index (χ3v) is 4.93. The molecule has 2 N–H and O–H groups in total. The van der Waals surface area contributed by atoms with Crippen LogP contribution in [0.3, 0.4) is 0 Å². The maximum Gasteiger partial charge on any atom is 0.341 e. The molecule has 9 heteroatoms. The van der Waals surface area contributed by atoms with Gasteiger partial charge in [0.15, 0.2) is 5.11 Å². The minimum absolute atomic E-state index is 0.290. The molecule has 1 aliphatic carbocycles. The van der Waals surface area contributed by atoms with Gasteiger partial charge in [-0.1, -0.05) is 0 Å². The van der Waals surface area contributed by atoms with Crippen LogP contribution in [0.1, 0.15) is 40.6 Å². The zero-order valence-corrected chi connectivity index (χ0v) is 14.3. The Morgan fingerprint density at radius 3 is 2.87 bits per heavy atom. The molecule has 2 aromatic rings. The van der Waals surface area contributed by atoms with E-state index in [4.69, 9.17) is 17.0 Å². The van der Waals surface area contributed by atoms with Crippen molar-refractivity contribution in [1.82, 2.24) is 14.9 Å². The first kappa shape index (κ1) is 15.9. The van der Waals surface area contributed by atoms with Crippen LogP contribution < -0.4 is 10.7 Å². The van der Waals surface area contributed by atoms with Crippen molar-refractivity contribution in [2.24, 2.45) is 0 Å². The number of esters is 1. The molecule has 0 amide bonds. The van der Waals surface area contributed by atoms with Crippen molar-refractivity contribution in [3.8, 4) is 0 Å². The lowest BCUT2D eigenvalue weighted by atomic mass is 9.95. The molecule has 0 radical (unpaired) electrons. The summed E-state index contributed by atoms with van der Waals surface area (Å²) < 4.78 is 6.75. The summed E-state index contributed by atoms with van der Waals surface area (Å²) in [4.78, 5) is 13.6. The average Bonchev–Trinajstić information content (AvgIpc) is 3.14. The third kappa shape index (κ3) is 3.50. The smallest absolute Gasteiger partial charge is 0.341 e. The lowest BCUT2D eigenvalue weighted by Crippen LogP contribution is -2.27. The van der Waals surface area contributed by atoms with E-state index in [1.165, 1.54) is 22.2 Å². The van der Waals surface area contributed by atoms with E-state index in [1.807, 2.05) is 6.92 Å². The van der Waals surface area contributed by atoms with Crippen molar-refractivity contribution in [3.63, 3.8) is 0 Å². The number of hydrogen-bond acceptors (Lipinski definition) is 6. The van der Waals surface area contributed by atoms with Gasteiger partial charge in [-0.05, 0) is 50.4 Å². The molecule has 23 heavy (non-hydrogen) atoms. The lowest BCUT2D eigenvalue weighted by molar-refractivity contribution is 0.0526. The zero-order valence-electron chi connectivity index (χ0n) is 12.7. The second-order valence-electron chi connectivity index (χ2n) is 5.07. The number of thiophene rings is 1. The molecule has 0 saturated heterocycles. The van der Waals surface area contributed by atoms with E-state index in [0.29, 0.717) is 17.3 Å². The van der Waals surface area contributed by atoms with Crippen molar-refractivity contribution < 1.29 is 9.53 Å². The van der Waals surface area contributed by atoms with E-state index in [0.717, 1.165) is 36.2 Å². The van der Waals surface area contributed by atoms with Gasteiger partial charge in [0.2, 0.25) is 0 Å². The number of thiocarbonyl (C=S) groups is 1. The number of anilines is 1. The van der Waals surface area contributed by atoms with Crippen LogP contribution in [-0.4, -0.2) is 32.6 Å². The number of hydrogen-bond donors (Lipinski definition) is 2. The molecule has 2 aromatic heterocycles. The van der Waals surface area contributed by atoms with Gasteiger partial charge in [-0.3, -0.25) is 5.43 Å². The summed E-state index contributed by atoms with van der Waals surface area (Å²) in [5, 5.41) is 11.6. The lowest BCUT2D eigenvalue weighted by Gasteiger charge is -2.13. The van der Waals surface area contributed by atoms with Gasteiger partial charge in [0, 0.05) is 4.88 Å². The van der Waals surface area contributed by atoms with Gasteiger partial charge in [0.25, 0.3) is 0 Å². The third-order valence-electron chi connectivity index (χ3n) is 3.53. The van der Waals surface area contributed by atoms with Crippen molar-refractivity contribution >= 4 is 39.6 Å². The van der Waals surface area contributed by atoms with Gasteiger partial charge in [-0.15, -0.1) is 21.5 Å². The van der Waals surface area contributed by atoms with E-state index in [2.05, 4.69) is 20.9 Å². The first-order valence-corrected chi connectivity index (χ1v) is 8.65. The summed E-state index contributed by atoms with van der Waals surface area (Å²) in [5.74, 6) is -0.290. The Bertz CT molecular complexity index is 711. The molecule has 0 bridgehead atoms. The Hall–Kier alpha value is -2.00. The Morgan fingerprint density at radius 2 is 2.13 bits per heavy atom. The molecule has 0 spiro atoms. The van der Waals surface area contributed by atoms with Crippen LogP contribution in [-0.2, 0) is 17.6 Å². The normalized spacial score (nSPS) is 13.3. The summed E-state index contributed by atoms with van der Waals surface area (Å²) in [5.41, 5.74) is 4.65. The molecule has 1 aliphatic rings. The second-order valence-corrected chi connectivity index (χ2v) is 6.58. The molecule has 0 aliphatic heterocycles. The van der Waals surface area contributed by atoms with Gasteiger partial charge in [-0.2, -0.15) is 0 Å². The summed E-state index contributed by atoms with van der Waals surface area (Å²) in [6.07, 6.45) is 7.16. The highest BCUT2D eigenvalue weighted by Crippen LogP contribution is 2.38. The molecule has 0 fully saturated rings. The van der Waals surface area contributed by atoms with Gasteiger partial charge >= 0.3 is 5.97 Å². The molecule has 0 unspecified atom stereocenters. The maximum atomic E-state index is 12.4. The topological polar surface area (TPSA) is 81.1 Å². The monoisotopic (exact) mass is 351 g/mol. The Kier molecular flexibility index (Phi) is 4.87. The molecule has 3 rings (SSSR count). The Labute approximate surface area is 143 Å². The van der Waals surface area contributed by atoms with Crippen molar-refractivity contribution in [2.75, 3.05) is 17.3 Å². The largest absolute Gasteiger partial charge is 0.462 e. The fourth-order valence-electron chi connectivity index (χ4n) is 2.58. The molecule has 2 heterocycles. The first-order chi connectivity index (χ1) is 11.2. The van der Waals surface area contributed by atoms with E-state index >= 15 is 0 Å². The minimum atomic E-state index is -0.290. The molecular weight excluding hydrogens is 334 g/mol. The van der Waals surface area contributed by atoms with Crippen LogP contribution in [0.15, 0.2) is 12.7 Å². The highest BCUT2D eigenvalue weighted by Gasteiger charge is 2.26. The molecule has 7 nitrogen and oxygen atoms in total. The van der Waals surface area contributed by atoms with Crippen LogP contribution in [0.2, 0.25) is 0 Å². The standard InChI is InChI=1S/C14H17N5O2S2/c1-2-21-13(20)11-9-5-3-4-6-10(9)23-12(11)17-14(22)18-19-7-15-16-8-19/h7-8H,2-6H2,1H3,(H2,17,18,22). The van der Waals surface area contributed by atoms with Gasteiger partial charge in [-0.25, -0.2) is 9.47 Å². The summed E-state index contributed by atoms with van der Waals surface area (Å²) in [6.45, 7) is 2.16. The second kappa shape index (κ2) is 7.05. The first-order valence-electron chi connectivity index (χ1n) is 7.43. The van der Waals surface area contributed by atoms with E-state index in [1.54, 1.807) is 11.3 Å². The van der Waals surface area contributed by atoms with Gasteiger partial charge < -0.3 is 10.1 Å². The van der Waals surface area contributed by atoms with Crippen LogP contribution in [0.4, 0.5) is 5.00 Å². The minimum Gasteiger partial charge on any atom is -0.462 e. The number of aromatic nitrogens is 3. The molecule has 0 aromatic carbocycles. The van der Waals surface area contributed by atoms with E-state index in [-0.39, 0.29) is 5.97 Å². The van der Waals surface area contributed by atoms with Crippen molar-refractivity contribution in [1.29, 1.82) is 0 Å². The summed E-state index contributed by atoms with van der Waals surface area (Å²) in [6, 6.07) is 0. The van der Waals surface area contributed by atoms with Crippen molar-refractivity contribution in [3.05, 3.63) is 28.7 Å². The predicted octanol–water partition coefficient (Wildman–Crippen LogP) is 2.34. The van der Waals surface area contributed by atoms with Gasteiger partial charge in [0.1, 0.15) is 17.7 Å². The molecular formula is C14H17N5O2S2. The van der Waals surface area contributed by atoms with E-state index in [9.17, 15) is 4.79 Å². The number of rotatable bonds is 4. The highest BCUT2D eigenvalue weighted by molar-refractivity contribution is 7.80. The number of nitrogens with one attached hydrogen (secondary N) is 2. The highest BCUT2D eigenvalue weighted by atomic mass is 32.1. The average molecular weight is 351 g/mol. The van der Waals surface area contributed by atoms with Crippen LogP contribution in [0, 0.1) is 0 Å². The Balaban J connectivity index is 1.84. The number of nitrogens with zero attached hydrogens (tertiary/aromatic N) is 3. The molecule has 122 valence electrons. The summed E-state index contributed by atoms with van der Waals surface area (Å²) >= 11 is 6.87. The number of carbonyl (C=O) groups is 1. The number of fused-ring (bicyclic) bond motifs is 1. The zero-order chi connectivity index (χ0) is 16.2. The van der Waals surface area contributed by atoms with Crippen LogP contribution in [0.25, 0.3) is 0 Å². The quantitative estimate of drug-likeness (QED) is 0.646. The van der Waals surface area contributed by atoms with Crippen molar-refractivity contribution in [2.45, 2.75) is 32.6 Å². The number of carbonyl (C=O) groups excluding carboxylic acids is 1. The summed E-state index contributed by atoms with van der Waals surface area (Å²) in [7, 11) is 0. The SMILES string of the molecule is CCOC(=O)c1c(NC(=S)Nn2cnnc2)sc2c1CCCC2. The molecule has 0 atom stereocenters. The number of ether oxygens (including phenoxy) is 1. The fourth-order valence-corrected chi connectivity index (χ4v) is 4.13.